The van der Waals surface area contributed by atoms with Crippen LogP contribution in [0.4, 0.5) is 11.4 Å². The number of aryl methyl sites for hydroxylation is 1. The zero-order chi connectivity index (χ0) is 15.0. The van der Waals surface area contributed by atoms with E-state index in [0.717, 1.165) is 0 Å². The number of hydrogen-bond acceptors (Lipinski definition) is 4. The summed E-state index contributed by atoms with van der Waals surface area (Å²) in [7, 11) is -6.80. The van der Waals surface area contributed by atoms with Crippen molar-refractivity contribution in [1.82, 2.24) is 0 Å². The number of halogens is 1. The van der Waals surface area contributed by atoms with E-state index in [-0.39, 0.29) is 5.75 Å². The predicted octanol–water partition coefficient (Wildman–Crippen LogP) is 1.47. The van der Waals surface area contributed by atoms with Gasteiger partial charge in [0.2, 0.25) is 20.0 Å². The van der Waals surface area contributed by atoms with Crippen molar-refractivity contribution >= 4 is 43.0 Å². The molecule has 0 unspecified atom stereocenters. The minimum Gasteiger partial charge on any atom is -0.282 e. The summed E-state index contributed by atoms with van der Waals surface area (Å²) in [6.07, 6.45) is 0.599. The molecule has 0 radical (unpaired) electrons. The molecule has 2 rings (SSSR count). The summed E-state index contributed by atoms with van der Waals surface area (Å²) in [6.45, 7) is 2.16. The van der Waals surface area contributed by atoms with Crippen molar-refractivity contribution in [3.8, 4) is 0 Å². The Hall–Kier alpha value is -0.990. The number of anilines is 2. The van der Waals surface area contributed by atoms with E-state index in [9.17, 15) is 16.8 Å². The highest BCUT2D eigenvalue weighted by molar-refractivity contribution is 7.93. The zero-order valence-corrected chi connectivity index (χ0v) is 13.2. The highest BCUT2D eigenvalue weighted by Crippen LogP contribution is 2.28. The SMILES string of the molecule is Cc1cc(N2CCCS2(=O)=O)ccc1NS(=O)(=O)CCl. The maximum atomic E-state index is 11.8. The van der Waals surface area contributed by atoms with Crippen LogP contribution in [0, 0.1) is 6.92 Å². The molecule has 9 heteroatoms. The number of rotatable bonds is 4. The minimum absolute atomic E-state index is 0.146. The molecule has 0 bridgehead atoms. The Bertz CT molecular complexity index is 716. The number of alkyl halides is 1. The summed E-state index contributed by atoms with van der Waals surface area (Å²) in [5.74, 6) is 0.146. The van der Waals surface area contributed by atoms with Crippen LogP contribution in [0.15, 0.2) is 18.2 Å². The summed E-state index contributed by atoms with van der Waals surface area (Å²) in [6, 6.07) is 4.78. The van der Waals surface area contributed by atoms with Crippen LogP contribution < -0.4 is 9.03 Å². The lowest BCUT2D eigenvalue weighted by atomic mass is 10.2. The summed E-state index contributed by atoms with van der Waals surface area (Å²) in [5.41, 5.74) is 1.58. The molecule has 1 aromatic rings. The van der Waals surface area contributed by atoms with Gasteiger partial charge in [0.15, 0.2) is 0 Å². The lowest BCUT2D eigenvalue weighted by Crippen LogP contribution is -2.25. The molecule has 1 aliphatic heterocycles. The predicted molar refractivity (Wildman–Crippen MR) is 80.2 cm³/mol. The molecule has 0 amide bonds. The van der Waals surface area contributed by atoms with Crippen molar-refractivity contribution in [3.05, 3.63) is 23.8 Å². The van der Waals surface area contributed by atoms with Crippen molar-refractivity contribution in [2.75, 3.05) is 26.5 Å². The first-order valence-corrected chi connectivity index (χ1v) is 9.72. The molecule has 1 heterocycles. The molecule has 1 saturated heterocycles. The molecule has 112 valence electrons. The van der Waals surface area contributed by atoms with Gasteiger partial charge < -0.3 is 0 Å². The van der Waals surface area contributed by atoms with E-state index >= 15 is 0 Å². The van der Waals surface area contributed by atoms with Crippen LogP contribution in [0.5, 0.6) is 0 Å². The van der Waals surface area contributed by atoms with Gasteiger partial charge in [0.05, 0.1) is 17.1 Å². The van der Waals surface area contributed by atoms with Crippen molar-refractivity contribution in [2.24, 2.45) is 0 Å². The molecule has 1 N–H and O–H groups in total. The molecule has 1 aliphatic rings. The summed E-state index contributed by atoms with van der Waals surface area (Å²) in [5, 5.41) is -0.533. The lowest BCUT2D eigenvalue weighted by Gasteiger charge is -2.18. The fourth-order valence-electron chi connectivity index (χ4n) is 2.04. The van der Waals surface area contributed by atoms with E-state index in [2.05, 4.69) is 4.72 Å². The molecule has 0 spiro atoms. The molecule has 0 saturated carbocycles. The monoisotopic (exact) mass is 338 g/mol. The van der Waals surface area contributed by atoms with Crippen LogP contribution in [0.3, 0.4) is 0 Å². The van der Waals surface area contributed by atoms with E-state index in [1.807, 2.05) is 0 Å². The Morgan fingerprint density at radius 2 is 2.10 bits per heavy atom. The number of nitrogens with zero attached hydrogens (tertiary/aromatic N) is 1. The highest BCUT2D eigenvalue weighted by Gasteiger charge is 2.28. The average molecular weight is 339 g/mol. The molecule has 1 aromatic carbocycles. The molecule has 1 fully saturated rings. The van der Waals surface area contributed by atoms with Gasteiger partial charge in [0, 0.05) is 6.54 Å². The Labute approximate surface area is 123 Å². The molecular formula is C11H15ClN2O4S2. The number of nitrogens with one attached hydrogen (secondary N) is 1. The number of benzene rings is 1. The van der Waals surface area contributed by atoms with Crippen LogP contribution in [0.25, 0.3) is 0 Å². The smallest absolute Gasteiger partial charge is 0.246 e. The molecule has 20 heavy (non-hydrogen) atoms. The fourth-order valence-corrected chi connectivity index (χ4v) is 4.38. The summed E-state index contributed by atoms with van der Waals surface area (Å²) < 4.78 is 50.2. The van der Waals surface area contributed by atoms with Gasteiger partial charge in [0.25, 0.3) is 0 Å². The van der Waals surface area contributed by atoms with E-state index in [1.54, 1.807) is 25.1 Å². The van der Waals surface area contributed by atoms with Gasteiger partial charge in [-0.05, 0) is 37.1 Å². The first-order chi connectivity index (χ1) is 9.25. The van der Waals surface area contributed by atoms with E-state index in [4.69, 9.17) is 11.6 Å². The molecular weight excluding hydrogens is 324 g/mol. The Morgan fingerprint density at radius 3 is 2.60 bits per heavy atom. The minimum atomic E-state index is -3.57. The maximum Gasteiger partial charge on any atom is 0.246 e. The normalized spacial score (nSPS) is 18.2. The second kappa shape index (κ2) is 5.42. The van der Waals surface area contributed by atoms with Gasteiger partial charge in [-0.15, -0.1) is 11.6 Å². The standard InChI is InChI=1S/C11H15ClN2O4S2/c1-9-7-10(14-5-2-6-20(14,17)18)3-4-11(9)13-19(15,16)8-12/h3-4,7,13H,2,5-6,8H2,1H3. The topological polar surface area (TPSA) is 83.6 Å². The maximum absolute atomic E-state index is 11.8. The number of sulfonamides is 2. The Kier molecular flexibility index (Phi) is 4.17. The first-order valence-electron chi connectivity index (χ1n) is 5.93. The van der Waals surface area contributed by atoms with Crippen molar-refractivity contribution < 1.29 is 16.8 Å². The largest absolute Gasteiger partial charge is 0.282 e. The summed E-state index contributed by atoms with van der Waals surface area (Å²) in [4.78, 5) is 0. The van der Waals surface area contributed by atoms with Crippen LogP contribution >= 0.6 is 11.6 Å². The van der Waals surface area contributed by atoms with Crippen LogP contribution in [-0.4, -0.2) is 34.3 Å². The van der Waals surface area contributed by atoms with Crippen LogP contribution in [0.1, 0.15) is 12.0 Å². The first kappa shape index (κ1) is 15.4. The van der Waals surface area contributed by atoms with Crippen molar-refractivity contribution in [3.63, 3.8) is 0 Å². The van der Waals surface area contributed by atoms with Crippen molar-refractivity contribution in [2.45, 2.75) is 13.3 Å². The van der Waals surface area contributed by atoms with Crippen LogP contribution in [-0.2, 0) is 20.0 Å². The van der Waals surface area contributed by atoms with E-state index in [0.29, 0.717) is 29.9 Å². The second-order valence-electron chi connectivity index (χ2n) is 4.57. The number of hydrogen-bond donors (Lipinski definition) is 1. The van der Waals surface area contributed by atoms with Gasteiger partial charge in [-0.2, -0.15) is 0 Å². The lowest BCUT2D eigenvalue weighted by molar-refractivity contribution is 0.599. The van der Waals surface area contributed by atoms with Gasteiger partial charge >= 0.3 is 0 Å². The van der Waals surface area contributed by atoms with Gasteiger partial charge in [-0.3, -0.25) is 9.03 Å². The molecule has 0 atom stereocenters. The zero-order valence-electron chi connectivity index (χ0n) is 10.8. The molecule has 0 aliphatic carbocycles. The Balaban J connectivity index is 2.31. The molecule has 6 nitrogen and oxygen atoms in total. The van der Waals surface area contributed by atoms with Gasteiger partial charge in [-0.25, -0.2) is 16.8 Å². The quantitative estimate of drug-likeness (QED) is 0.843. The van der Waals surface area contributed by atoms with Crippen LogP contribution in [0.2, 0.25) is 0 Å². The van der Waals surface area contributed by atoms with Gasteiger partial charge in [0.1, 0.15) is 5.21 Å². The Morgan fingerprint density at radius 1 is 1.40 bits per heavy atom. The van der Waals surface area contributed by atoms with E-state index in [1.165, 1.54) is 4.31 Å². The van der Waals surface area contributed by atoms with Crippen molar-refractivity contribution in [1.29, 1.82) is 0 Å². The van der Waals surface area contributed by atoms with Gasteiger partial charge in [-0.1, -0.05) is 0 Å². The second-order valence-corrected chi connectivity index (χ2v) is 8.89. The third-order valence-corrected chi connectivity index (χ3v) is 6.56. The van der Waals surface area contributed by atoms with E-state index < -0.39 is 25.3 Å². The highest BCUT2D eigenvalue weighted by atomic mass is 35.5. The fraction of sp³-hybridized carbons (Fsp3) is 0.455. The third kappa shape index (κ3) is 3.18. The summed E-state index contributed by atoms with van der Waals surface area (Å²) >= 11 is 5.33. The average Bonchev–Trinajstić information content (AvgIpc) is 2.71. The third-order valence-electron chi connectivity index (χ3n) is 3.01. The molecule has 0 aromatic heterocycles.